The Labute approximate surface area is 94.1 Å². The van der Waals surface area contributed by atoms with Crippen molar-refractivity contribution in [3.05, 3.63) is 24.0 Å². The smallest absolute Gasteiger partial charge is 0.364 e. The Bertz CT molecular complexity index is 415. The summed E-state index contributed by atoms with van der Waals surface area (Å²) in [4.78, 5) is 4.25. The van der Waals surface area contributed by atoms with Gasteiger partial charge in [-0.3, -0.25) is 0 Å². The molecule has 0 spiro atoms. The highest BCUT2D eigenvalue weighted by molar-refractivity contribution is 5.52. The molecule has 1 fully saturated rings. The van der Waals surface area contributed by atoms with E-state index in [0.29, 0.717) is 0 Å². The molecule has 0 atom stereocenters. The maximum Gasteiger partial charge on any atom is 0.435 e. The minimum absolute atomic E-state index is 0.0955. The van der Waals surface area contributed by atoms with Crippen LogP contribution in [-0.2, 0) is 6.18 Å². The van der Waals surface area contributed by atoms with Crippen LogP contribution in [-0.4, -0.2) is 24.0 Å². The first-order valence-electron chi connectivity index (χ1n) is 4.95. The molecule has 0 amide bonds. The van der Waals surface area contributed by atoms with Crippen molar-refractivity contribution in [3.63, 3.8) is 0 Å². The van der Waals surface area contributed by atoms with Crippen molar-refractivity contribution in [1.82, 2.24) is 4.98 Å². The fourth-order valence-corrected chi connectivity index (χ4v) is 1.81. The van der Waals surface area contributed by atoms with Crippen molar-refractivity contribution in [3.8, 4) is 0 Å². The quantitative estimate of drug-likeness (QED) is 0.714. The molecular formula is C10H9F5N2. The first kappa shape index (κ1) is 12.1. The van der Waals surface area contributed by atoms with Gasteiger partial charge in [-0.1, -0.05) is 0 Å². The van der Waals surface area contributed by atoms with E-state index in [9.17, 15) is 22.0 Å². The number of halogens is 5. The fraction of sp³-hybridized carbons (Fsp3) is 0.500. The maximum atomic E-state index is 13.0. The average molecular weight is 252 g/mol. The van der Waals surface area contributed by atoms with Gasteiger partial charge in [0.15, 0.2) is 5.69 Å². The summed E-state index contributed by atoms with van der Waals surface area (Å²) in [6, 6.07) is 2.47. The van der Waals surface area contributed by atoms with Crippen LogP contribution in [0.3, 0.4) is 0 Å². The second-order valence-electron chi connectivity index (χ2n) is 3.90. The van der Waals surface area contributed by atoms with Gasteiger partial charge in [-0.2, -0.15) is 13.2 Å². The molecule has 0 saturated carbocycles. The van der Waals surface area contributed by atoms with E-state index in [1.54, 1.807) is 0 Å². The average Bonchev–Trinajstić information content (AvgIpc) is 2.58. The lowest BCUT2D eigenvalue weighted by Gasteiger charge is -2.21. The minimum atomic E-state index is -4.63. The van der Waals surface area contributed by atoms with Crippen LogP contribution in [0.2, 0.25) is 0 Å². The molecule has 1 aliphatic rings. The number of alkyl halides is 5. The summed E-state index contributed by atoms with van der Waals surface area (Å²) in [6.07, 6.45) is -4.06. The van der Waals surface area contributed by atoms with Crippen molar-refractivity contribution in [2.75, 3.05) is 18.0 Å². The SMILES string of the molecule is FC1(F)CCN(c2cccnc2C(F)(F)F)C1. The number of hydrogen-bond acceptors (Lipinski definition) is 2. The zero-order valence-corrected chi connectivity index (χ0v) is 8.64. The number of hydrogen-bond donors (Lipinski definition) is 0. The number of anilines is 1. The second kappa shape index (κ2) is 3.82. The third-order valence-electron chi connectivity index (χ3n) is 2.57. The van der Waals surface area contributed by atoms with Crippen molar-refractivity contribution < 1.29 is 22.0 Å². The van der Waals surface area contributed by atoms with Gasteiger partial charge in [0, 0.05) is 19.2 Å². The van der Waals surface area contributed by atoms with E-state index in [2.05, 4.69) is 4.98 Å². The molecule has 2 heterocycles. The molecule has 94 valence electrons. The summed E-state index contributed by atoms with van der Waals surface area (Å²) >= 11 is 0. The van der Waals surface area contributed by atoms with Gasteiger partial charge >= 0.3 is 6.18 Å². The van der Waals surface area contributed by atoms with E-state index >= 15 is 0 Å². The Morgan fingerprint density at radius 2 is 2.00 bits per heavy atom. The topological polar surface area (TPSA) is 16.1 Å². The summed E-state index contributed by atoms with van der Waals surface area (Å²) < 4.78 is 63.8. The summed E-state index contributed by atoms with van der Waals surface area (Å²) in [5.74, 6) is -2.93. The van der Waals surface area contributed by atoms with Crippen LogP contribution in [0.4, 0.5) is 27.6 Å². The standard InChI is InChI=1S/C10H9F5N2/c11-9(12)3-5-17(6-9)7-2-1-4-16-8(7)10(13,14)15/h1-2,4H,3,5-6H2. The number of pyridine rings is 1. The molecule has 0 unspecified atom stereocenters. The summed E-state index contributed by atoms with van der Waals surface area (Å²) in [7, 11) is 0. The van der Waals surface area contributed by atoms with Gasteiger partial charge in [-0.25, -0.2) is 13.8 Å². The minimum Gasteiger partial charge on any atom is -0.364 e. The molecule has 2 rings (SSSR count). The third-order valence-corrected chi connectivity index (χ3v) is 2.57. The molecule has 0 N–H and O–H groups in total. The Morgan fingerprint density at radius 1 is 1.29 bits per heavy atom. The molecule has 0 radical (unpaired) electrons. The molecule has 0 bridgehead atoms. The van der Waals surface area contributed by atoms with E-state index in [1.165, 1.54) is 6.07 Å². The number of rotatable bonds is 1. The van der Waals surface area contributed by atoms with E-state index in [0.717, 1.165) is 17.2 Å². The predicted molar refractivity (Wildman–Crippen MR) is 51.0 cm³/mol. The first-order chi connectivity index (χ1) is 7.80. The molecule has 2 nitrogen and oxygen atoms in total. The van der Waals surface area contributed by atoms with Gasteiger partial charge in [0.2, 0.25) is 0 Å². The van der Waals surface area contributed by atoms with Crippen molar-refractivity contribution in [2.24, 2.45) is 0 Å². The summed E-state index contributed by atoms with van der Waals surface area (Å²) in [5.41, 5.74) is -1.39. The van der Waals surface area contributed by atoms with Crippen molar-refractivity contribution in [1.29, 1.82) is 0 Å². The van der Waals surface area contributed by atoms with Crippen molar-refractivity contribution in [2.45, 2.75) is 18.5 Å². The zero-order chi connectivity index (χ0) is 12.7. The summed E-state index contributed by atoms with van der Waals surface area (Å²) in [6.45, 7) is -0.788. The Morgan fingerprint density at radius 3 is 2.53 bits per heavy atom. The molecule has 7 heteroatoms. The van der Waals surface area contributed by atoms with Crippen LogP contribution in [0.15, 0.2) is 18.3 Å². The lowest BCUT2D eigenvalue weighted by atomic mass is 10.2. The molecule has 1 saturated heterocycles. The number of aromatic nitrogens is 1. The molecule has 0 aromatic carbocycles. The van der Waals surface area contributed by atoms with E-state index < -0.39 is 30.8 Å². The Kier molecular flexibility index (Phi) is 2.71. The lowest BCUT2D eigenvalue weighted by molar-refractivity contribution is -0.140. The monoisotopic (exact) mass is 252 g/mol. The van der Waals surface area contributed by atoms with Crippen molar-refractivity contribution >= 4 is 5.69 Å². The largest absolute Gasteiger partial charge is 0.435 e. The molecule has 1 aromatic rings. The highest BCUT2D eigenvalue weighted by Gasteiger charge is 2.42. The lowest BCUT2D eigenvalue weighted by Crippen LogP contribution is -2.27. The molecule has 17 heavy (non-hydrogen) atoms. The van der Waals surface area contributed by atoms with Crippen LogP contribution < -0.4 is 4.90 Å². The van der Waals surface area contributed by atoms with Gasteiger partial charge in [0.25, 0.3) is 5.92 Å². The van der Waals surface area contributed by atoms with Gasteiger partial charge in [0.05, 0.1) is 12.2 Å². The third kappa shape index (κ3) is 2.48. The predicted octanol–water partition coefficient (Wildman–Crippen LogP) is 2.95. The van der Waals surface area contributed by atoms with Gasteiger partial charge < -0.3 is 4.90 Å². The molecule has 1 aliphatic heterocycles. The van der Waals surface area contributed by atoms with Gasteiger partial charge in [-0.15, -0.1) is 0 Å². The van der Waals surface area contributed by atoms with Gasteiger partial charge in [-0.05, 0) is 12.1 Å². The van der Waals surface area contributed by atoms with Crippen LogP contribution in [0.5, 0.6) is 0 Å². The molecular weight excluding hydrogens is 243 g/mol. The van der Waals surface area contributed by atoms with E-state index in [-0.39, 0.29) is 12.2 Å². The maximum absolute atomic E-state index is 13.0. The fourth-order valence-electron chi connectivity index (χ4n) is 1.81. The normalized spacial score (nSPS) is 19.7. The molecule has 0 aliphatic carbocycles. The molecule has 1 aromatic heterocycles. The summed E-state index contributed by atoms with van der Waals surface area (Å²) in [5, 5.41) is 0. The van der Waals surface area contributed by atoms with Crippen LogP contribution in [0.1, 0.15) is 12.1 Å². The zero-order valence-electron chi connectivity index (χ0n) is 8.64. The number of nitrogens with zero attached hydrogens (tertiary/aromatic N) is 2. The van der Waals surface area contributed by atoms with Crippen LogP contribution in [0, 0.1) is 0 Å². The highest BCUT2D eigenvalue weighted by atomic mass is 19.4. The first-order valence-corrected chi connectivity index (χ1v) is 4.95. The highest BCUT2D eigenvalue weighted by Crippen LogP contribution is 2.38. The Hall–Kier alpha value is -1.40. The van der Waals surface area contributed by atoms with Crippen LogP contribution in [0.25, 0.3) is 0 Å². The van der Waals surface area contributed by atoms with Gasteiger partial charge in [0.1, 0.15) is 0 Å². The van der Waals surface area contributed by atoms with E-state index in [1.807, 2.05) is 0 Å². The van der Waals surface area contributed by atoms with Crippen LogP contribution >= 0.6 is 0 Å². The van der Waals surface area contributed by atoms with E-state index in [4.69, 9.17) is 0 Å². The second-order valence-corrected chi connectivity index (χ2v) is 3.90. The Balaban J connectivity index is 2.34.